The van der Waals surface area contributed by atoms with Gasteiger partial charge in [0, 0.05) is 20.2 Å². The normalized spacial score (nSPS) is 14.2. The van der Waals surface area contributed by atoms with Gasteiger partial charge in [0.25, 0.3) is 11.5 Å². The first-order chi connectivity index (χ1) is 14.9. The van der Waals surface area contributed by atoms with Crippen LogP contribution in [0.2, 0.25) is 0 Å². The van der Waals surface area contributed by atoms with Crippen molar-refractivity contribution in [2.45, 2.75) is 6.92 Å². The van der Waals surface area contributed by atoms with Crippen LogP contribution >= 0.6 is 31.9 Å². The Morgan fingerprint density at radius 3 is 2.52 bits per heavy atom. The summed E-state index contributed by atoms with van der Waals surface area (Å²) in [5.41, 5.74) is 3.98. The molecule has 5 rings (SSSR count). The molecule has 5 nitrogen and oxygen atoms in total. The lowest BCUT2D eigenvalue weighted by molar-refractivity contribution is -0.110. The van der Waals surface area contributed by atoms with Gasteiger partial charge in [-0.05, 0) is 61.0 Å². The van der Waals surface area contributed by atoms with Crippen molar-refractivity contribution in [2.75, 3.05) is 5.32 Å². The highest BCUT2D eigenvalue weighted by Gasteiger charge is 2.25. The van der Waals surface area contributed by atoms with E-state index >= 15 is 0 Å². The number of carbonyl (C=O) groups is 1. The number of fused-ring (bicyclic) bond motifs is 2. The molecular weight excluding hydrogens is 522 g/mol. The molecule has 1 amide bonds. The number of benzene rings is 3. The van der Waals surface area contributed by atoms with E-state index in [4.69, 9.17) is 4.98 Å². The number of hydrogen-bond donors (Lipinski definition) is 1. The Balaban J connectivity index is 1.85. The summed E-state index contributed by atoms with van der Waals surface area (Å²) in [6, 6.07) is 18.6. The monoisotopic (exact) mass is 535 g/mol. The zero-order valence-corrected chi connectivity index (χ0v) is 19.5. The lowest BCUT2D eigenvalue weighted by Crippen LogP contribution is -2.23. The Bertz CT molecular complexity index is 1490. The van der Waals surface area contributed by atoms with E-state index in [1.807, 2.05) is 55.5 Å². The van der Waals surface area contributed by atoms with E-state index in [9.17, 15) is 9.59 Å². The minimum absolute atomic E-state index is 0.194. The molecule has 7 heteroatoms. The second-order valence-electron chi connectivity index (χ2n) is 7.26. The molecule has 4 aromatic rings. The molecule has 152 valence electrons. The summed E-state index contributed by atoms with van der Waals surface area (Å²) in [7, 11) is 0. The van der Waals surface area contributed by atoms with Gasteiger partial charge >= 0.3 is 0 Å². The molecule has 1 N–H and O–H groups in total. The summed E-state index contributed by atoms with van der Waals surface area (Å²) in [5, 5.41) is 3.37. The minimum Gasteiger partial charge on any atom is -0.321 e. The Hall–Kier alpha value is -3.03. The first-order valence-electron chi connectivity index (χ1n) is 9.54. The van der Waals surface area contributed by atoms with E-state index in [1.165, 1.54) is 0 Å². The Kier molecular flexibility index (Phi) is 4.87. The predicted molar refractivity (Wildman–Crippen MR) is 130 cm³/mol. The van der Waals surface area contributed by atoms with Gasteiger partial charge in [0.15, 0.2) is 0 Å². The Morgan fingerprint density at radius 1 is 0.968 bits per heavy atom. The quantitative estimate of drug-likeness (QED) is 0.334. The van der Waals surface area contributed by atoms with Crippen molar-refractivity contribution >= 4 is 66.0 Å². The van der Waals surface area contributed by atoms with Gasteiger partial charge in [-0.1, -0.05) is 50.1 Å². The van der Waals surface area contributed by atoms with Crippen LogP contribution in [0.1, 0.15) is 17.0 Å². The molecule has 3 aromatic carbocycles. The van der Waals surface area contributed by atoms with Crippen LogP contribution in [0.25, 0.3) is 28.2 Å². The van der Waals surface area contributed by atoms with Gasteiger partial charge in [-0.15, -0.1) is 0 Å². The predicted octanol–water partition coefficient (Wildman–Crippen LogP) is 5.71. The molecule has 0 saturated carbocycles. The van der Waals surface area contributed by atoms with Gasteiger partial charge in [-0.3, -0.25) is 14.2 Å². The zero-order chi connectivity index (χ0) is 21.7. The molecule has 1 aromatic heterocycles. The van der Waals surface area contributed by atoms with Crippen LogP contribution in [0.5, 0.6) is 0 Å². The number of rotatable bonds is 2. The van der Waals surface area contributed by atoms with Crippen molar-refractivity contribution in [3.63, 3.8) is 0 Å². The SMILES string of the molecule is Cc1ccccc1-n1c(/C=C2\C(=O)Nc3ccc(Br)cc32)nc2ccc(Br)cc2c1=O. The maximum absolute atomic E-state index is 13.6. The molecular formula is C24H15Br2N3O2. The van der Waals surface area contributed by atoms with E-state index in [1.54, 1.807) is 22.8 Å². The summed E-state index contributed by atoms with van der Waals surface area (Å²) in [6.45, 7) is 1.94. The van der Waals surface area contributed by atoms with E-state index in [0.717, 1.165) is 31.4 Å². The molecule has 0 bridgehead atoms. The molecule has 0 spiro atoms. The van der Waals surface area contributed by atoms with Crippen LogP contribution in [-0.4, -0.2) is 15.5 Å². The number of anilines is 1. The number of nitrogens with zero attached hydrogens (tertiary/aromatic N) is 2. The van der Waals surface area contributed by atoms with Crippen LogP contribution < -0.4 is 10.9 Å². The Labute approximate surface area is 194 Å². The largest absolute Gasteiger partial charge is 0.321 e. The molecule has 0 saturated heterocycles. The number of carbonyl (C=O) groups excluding carboxylic acids is 1. The molecule has 0 atom stereocenters. The van der Waals surface area contributed by atoms with Crippen LogP contribution in [0.4, 0.5) is 5.69 Å². The minimum atomic E-state index is -0.227. The highest BCUT2D eigenvalue weighted by Crippen LogP contribution is 2.35. The lowest BCUT2D eigenvalue weighted by Gasteiger charge is -2.14. The van der Waals surface area contributed by atoms with Crippen molar-refractivity contribution in [3.8, 4) is 5.69 Å². The molecule has 2 heterocycles. The van der Waals surface area contributed by atoms with Crippen LogP contribution in [0.3, 0.4) is 0 Å². The molecule has 0 fully saturated rings. The van der Waals surface area contributed by atoms with Crippen molar-refractivity contribution in [3.05, 3.63) is 96.9 Å². The lowest BCUT2D eigenvalue weighted by atomic mass is 10.1. The van der Waals surface area contributed by atoms with Crippen molar-refractivity contribution < 1.29 is 4.79 Å². The smallest absolute Gasteiger partial charge is 0.266 e. The van der Waals surface area contributed by atoms with Gasteiger partial charge in [0.2, 0.25) is 0 Å². The first kappa shape index (κ1) is 19.9. The van der Waals surface area contributed by atoms with Gasteiger partial charge < -0.3 is 5.32 Å². The molecule has 0 radical (unpaired) electrons. The summed E-state index contributed by atoms with van der Waals surface area (Å²) in [5.74, 6) is 0.168. The number of aromatic nitrogens is 2. The average molecular weight is 537 g/mol. The van der Waals surface area contributed by atoms with Crippen molar-refractivity contribution in [1.29, 1.82) is 0 Å². The molecule has 1 aliphatic heterocycles. The maximum atomic E-state index is 13.6. The maximum Gasteiger partial charge on any atom is 0.266 e. The fourth-order valence-electron chi connectivity index (χ4n) is 3.75. The second-order valence-corrected chi connectivity index (χ2v) is 9.09. The number of aryl methyl sites for hydroxylation is 1. The molecule has 0 aliphatic carbocycles. The first-order valence-corrected chi connectivity index (χ1v) is 11.1. The molecule has 0 unspecified atom stereocenters. The standard InChI is InChI=1S/C24H15Br2N3O2/c1-13-4-2-3-5-21(13)29-22(27-20-9-7-15(26)11-18(20)24(29)31)12-17-16-10-14(25)6-8-19(16)28-23(17)30/h2-12H,1H3,(H,28,30)/b17-12-. The number of halogens is 2. The van der Waals surface area contributed by atoms with Gasteiger partial charge in [0.1, 0.15) is 5.82 Å². The summed E-state index contributed by atoms with van der Waals surface area (Å²) < 4.78 is 3.23. The van der Waals surface area contributed by atoms with E-state index in [2.05, 4.69) is 37.2 Å². The number of hydrogen-bond acceptors (Lipinski definition) is 3. The number of para-hydroxylation sites is 1. The van der Waals surface area contributed by atoms with Crippen molar-refractivity contribution in [2.24, 2.45) is 0 Å². The van der Waals surface area contributed by atoms with Crippen LogP contribution in [0, 0.1) is 6.92 Å². The van der Waals surface area contributed by atoms with Crippen LogP contribution in [0.15, 0.2) is 74.4 Å². The van der Waals surface area contributed by atoms with Crippen LogP contribution in [-0.2, 0) is 4.79 Å². The van der Waals surface area contributed by atoms with E-state index in [-0.39, 0.29) is 11.5 Å². The third-order valence-corrected chi connectivity index (χ3v) is 6.24. The van der Waals surface area contributed by atoms with Crippen molar-refractivity contribution in [1.82, 2.24) is 9.55 Å². The van der Waals surface area contributed by atoms with Gasteiger partial charge in [0.05, 0.1) is 22.2 Å². The topological polar surface area (TPSA) is 64.0 Å². The average Bonchev–Trinajstić information content (AvgIpc) is 3.04. The highest BCUT2D eigenvalue weighted by atomic mass is 79.9. The fourth-order valence-corrected chi connectivity index (χ4v) is 4.47. The zero-order valence-electron chi connectivity index (χ0n) is 16.3. The summed E-state index contributed by atoms with van der Waals surface area (Å²) in [6.07, 6.45) is 1.68. The highest BCUT2D eigenvalue weighted by molar-refractivity contribution is 9.10. The second kappa shape index (κ2) is 7.59. The molecule has 31 heavy (non-hydrogen) atoms. The third kappa shape index (κ3) is 3.43. The fraction of sp³-hybridized carbons (Fsp3) is 0.0417. The van der Waals surface area contributed by atoms with Gasteiger partial charge in [-0.25, -0.2) is 4.98 Å². The van der Waals surface area contributed by atoms with E-state index in [0.29, 0.717) is 22.3 Å². The number of amides is 1. The third-order valence-electron chi connectivity index (χ3n) is 5.25. The summed E-state index contributed by atoms with van der Waals surface area (Å²) in [4.78, 5) is 31.1. The molecule has 1 aliphatic rings. The summed E-state index contributed by atoms with van der Waals surface area (Å²) >= 11 is 6.91. The van der Waals surface area contributed by atoms with E-state index < -0.39 is 0 Å². The Morgan fingerprint density at radius 2 is 1.71 bits per heavy atom. The number of nitrogens with one attached hydrogen (secondary N) is 1. The van der Waals surface area contributed by atoms with Gasteiger partial charge in [-0.2, -0.15) is 0 Å².